The lowest BCUT2D eigenvalue weighted by atomic mass is 10.2. The summed E-state index contributed by atoms with van der Waals surface area (Å²) >= 11 is 0. The lowest BCUT2D eigenvalue weighted by molar-refractivity contribution is 0.102. The number of aryl methyl sites for hydroxylation is 1. The quantitative estimate of drug-likeness (QED) is 0.939. The van der Waals surface area contributed by atoms with Crippen molar-refractivity contribution < 1.29 is 4.79 Å². The molecule has 1 aliphatic heterocycles. The molecule has 0 unspecified atom stereocenters. The van der Waals surface area contributed by atoms with Gasteiger partial charge < -0.3 is 10.2 Å². The summed E-state index contributed by atoms with van der Waals surface area (Å²) in [5, 5.41) is 2.96. The Morgan fingerprint density at radius 2 is 2.00 bits per heavy atom. The number of hydrogen-bond acceptors (Lipinski definition) is 3. The van der Waals surface area contributed by atoms with E-state index in [0.717, 1.165) is 24.5 Å². The van der Waals surface area contributed by atoms with Crippen LogP contribution in [0.15, 0.2) is 42.6 Å². The molecule has 3 rings (SSSR count). The number of aromatic nitrogens is 1. The van der Waals surface area contributed by atoms with Crippen molar-refractivity contribution in [3.8, 4) is 0 Å². The molecule has 1 fully saturated rings. The molecule has 1 amide bonds. The van der Waals surface area contributed by atoms with Crippen LogP contribution in [0.4, 0.5) is 11.4 Å². The second-order valence-electron chi connectivity index (χ2n) is 5.33. The molecule has 108 valence electrons. The van der Waals surface area contributed by atoms with E-state index in [1.807, 2.05) is 25.1 Å². The van der Waals surface area contributed by atoms with Gasteiger partial charge in [0.25, 0.3) is 5.91 Å². The first-order valence-corrected chi connectivity index (χ1v) is 7.32. The van der Waals surface area contributed by atoms with Crippen molar-refractivity contribution in [2.45, 2.75) is 19.8 Å². The highest BCUT2D eigenvalue weighted by atomic mass is 16.1. The van der Waals surface area contributed by atoms with Gasteiger partial charge in [0.05, 0.1) is 5.56 Å². The first-order valence-electron chi connectivity index (χ1n) is 7.32. The Bertz CT molecular complexity index is 648. The van der Waals surface area contributed by atoms with Gasteiger partial charge in [-0.1, -0.05) is 6.07 Å². The summed E-state index contributed by atoms with van der Waals surface area (Å²) in [4.78, 5) is 18.8. The van der Waals surface area contributed by atoms with Crippen molar-refractivity contribution in [1.82, 2.24) is 4.98 Å². The topological polar surface area (TPSA) is 45.2 Å². The Hall–Kier alpha value is -2.36. The predicted molar refractivity (Wildman–Crippen MR) is 84.8 cm³/mol. The summed E-state index contributed by atoms with van der Waals surface area (Å²) in [5.41, 5.74) is 3.36. The number of rotatable bonds is 3. The fourth-order valence-corrected chi connectivity index (χ4v) is 2.68. The normalized spacial score (nSPS) is 14.2. The van der Waals surface area contributed by atoms with Crippen LogP contribution in [-0.4, -0.2) is 24.0 Å². The number of nitrogens with one attached hydrogen (secondary N) is 1. The number of carbonyl (C=O) groups is 1. The third kappa shape index (κ3) is 3.05. The second-order valence-corrected chi connectivity index (χ2v) is 5.33. The third-order valence-electron chi connectivity index (χ3n) is 3.83. The average molecular weight is 281 g/mol. The smallest absolute Gasteiger partial charge is 0.257 e. The predicted octanol–water partition coefficient (Wildman–Crippen LogP) is 3.24. The molecule has 21 heavy (non-hydrogen) atoms. The van der Waals surface area contributed by atoms with Crippen LogP contribution >= 0.6 is 0 Å². The van der Waals surface area contributed by atoms with Crippen LogP contribution in [0.1, 0.15) is 28.9 Å². The summed E-state index contributed by atoms with van der Waals surface area (Å²) in [7, 11) is 0. The first-order chi connectivity index (χ1) is 10.2. The molecule has 1 aliphatic rings. The summed E-state index contributed by atoms with van der Waals surface area (Å²) < 4.78 is 0. The highest BCUT2D eigenvalue weighted by molar-refractivity contribution is 6.05. The van der Waals surface area contributed by atoms with Crippen LogP contribution in [0.5, 0.6) is 0 Å². The standard InChI is InChI=1S/C17H19N3O/c1-13-16(8-5-9-18-13)17(21)19-14-6-4-7-15(12-14)20-10-2-3-11-20/h4-9,12H,2-3,10-11H2,1H3,(H,19,21). The second kappa shape index (κ2) is 5.95. The molecule has 1 aromatic carbocycles. The van der Waals surface area contributed by atoms with E-state index in [9.17, 15) is 4.79 Å². The van der Waals surface area contributed by atoms with Crippen LogP contribution in [-0.2, 0) is 0 Å². The summed E-state index contributed by atoms with van der Waals surface area (Å²) in [6.07, 6.45) is 4.18. The molecule has 0 radical (unpaired) electrons. The van der Waals surface area contributed by atoms with Gasteiger partial charge in [0.2, 0.25) is 0 Å². The zero-order valence-corrected chi connectivity index (χ0v) is 12.2. The van der Waals surface area contributed by atoms with Crippen LogP contribution in [0, 0.1) is 6.92 Å². The van der Waals surface area contributed by atoms with Crippen molar-refractivity contribution in [2.75, 3.05) is 23.3 Å². The van der Waals surface area contributed by atoms with Crippen molar-refractivity contribution in [3.63, 3.8) is 0 Å². The minimum atomic E-state index is -0.112. The Labute approximate surface area is 124 Å². The molecule has 0 bridgehead atoms. The fourth-order valence-electron chi connectivity index (χ4n) is 2.68. The highest BCUT2D eigenvalue weighted by Crippen LogP contribution is 2.23. The lowest BCUT2D eigenvalue weighted by Gasteiger charge is -2.18. The van der Waals surface area contributed by atoms with Crippen molar-refractivity contribution in [1.29, 1.82) is 0 Å². The molecule has 0 atom stereocenters. The molecular weight excluding hydrogens is 262 g/mol. The Morgan fingerprint density at radius 1 is 1.19 bits per heavy atom. The van der Waals surface area contributed by atoms with Gasteiger partial charge in [-0.3, -0.25) is 9.78 Å². The van der Waals surface area contributed by atoms with Crippen molar-refractivity contribution >= 4 is 17.3 Å². The molecule has 4 heteroatoms. The number of benzene rings is 1. The number of anilines is 2. The van der Waals surface area contributed by atoms with Gasteiger partial charge in [-0.2, -0.15) is 0 Å². The van der Waals surface area contributed by atoms with Gasteiger partial charge in [0.15, 0.2) is 0 Å². The van der Waals surface area contributed by atoms with Crippen LogP contribution in [0.3, 0.4) is 0 Å². The van der Waals surface area contributed by atoms with Crippen molar-refractivity contribution in [2.24, 2.45) is 0 Å². The molecule has 1 aromatic heterocycles. The number of carbonyl (C=O) groups excluding carboxylic acids is 1. The molecule has 1 N–H and O–H groups in total. The molecule has 1 saturated heterocycles. The zero-order chi connectivity index (χ0) is 14.7. The van der Waals surface area contributed by atoms with Gasteiger partial charge in [-0.05, 0) is 50.1 Å². The SMILES string of the molecule is Cc1ncccc1C(=O)Nc1cccc(N2CCCC2)c1. The minimum absolute atomic E-state index is 0.112. The fraction of sp³-hybridized carbons (Fsp3) is 0.294. The lowest BCUT2D eigenvalue weighted by Crippen LogP contribution is -2.18. The van der Waals surface area contributed by atoms with Crippen LogP contribution < -0.4 is 10.2 Å². The monoisotopic (exact) mass is 281 g/mol. The highest BCUT2D eigenvalue weighted by Gasteiger charge is 2.14. The van der Waals surface area contributed by atoms with Gasteiger partial charge in [-0.25, -0.2) is 0 Å². The van der Waals surface area contributed by atoms with E-state index in [1.54, 1.807) is 18.3 Å². The number of hydrogen-bond donors (Lipinski definition) is 1. The van der Waals surface area contributed by atoms with Crippen LogP contribution in [0.25, 0.3) is 0 Å². The molecular formula is C17H19N3O. The molecule has 0 saturated carbocycles. The minimum Gasteiger partial charge on any atom is -0.371 e. The largest absolute Gasteiger partial charge is 0.371 e. The maximum atomic E-state index is 12.3. The molecule has 2 aromatic rings. The first kappa shape index (κ1) is 13.6. The van der Waals surface area contributed by atoms with E-state index in [2.05, 4.69) is 21.3 Å². The van der Waals surface area contributed by atoms with E-state index in [1.165, 1.54) is 18.5 Å². The number of amides is 1. The average Bonchev–Trinajstić information content (AvgIpc) is 3.02. The van der Waals surface area contributed by atoms with E-state index in [4.69, 9.17) is 0 Å². The van der Waals surface area contributed by atoms with Gasteiger partial charge in [0.1, 0.15) is 0 Å². The molecule has 2 heterocycles. The molecule has 0 aliphatic carbocycles. The van der Waals surface area contributed by atoms with Crippen molar-refractivity contribution in [3.05, 3.63) is 53.9 Å². The summed E-state index contributed by atoms with van der Waals surface area (Å²) in [6.45, 7) is 4.04. The molecule has 0 spiro atoms. The Balaban J connectivity index is 1.77. The zero-order valence-electron chi connectivity index (χ0n) is 12.2. The number of pyridine rings is 1. The summed E-state index contributed by atoms with van der Waals surface area (Å²) in [6, 6.07) is 11.6. The van der Waals surface area contributed by atoms with Gasteiger partial charge in [-0.15, -0.1) is 0 Å². The van der Waals surface area contributed by atoms with E-state index in [0.29, 0.717) is 5.56 Å². The van der Waals surface area contributed by atoms with E-state index < -0.39 is 0 Å². The Kier molecular flexibility index (Phi) is 3.86. The maximum absolute atomic E-state index is 12.3. The molecule has 4 nitrogen and oxygen atoms in total. The van der Waals surface area contributed by atoms with E-state index in [-0.39, 0.29) is 5.91 Å². The van der Waals surface area contributed by atoms with E-state index >= 15 is 0 Å². The van der Waals surface area contributed by atoms with Gasteiger partial charge in [0, 0.05) is 36.4 Å². The third-order valence-corrected chi connectivity index (χ3v) is 3.83. The van der Waals surface area contributed by atoms with Gasteiger partial charge >= 0.3 is 0 Å². The summed E-state index contributed by atoms with van der Waals surface area (Å²) in [5.74, 6) is -0.112. The maximum Gasteiger partial charge on any atom is 0.257 e. The number of nitrogens with zero attached hydrogens (tertiary/aromatic N) is 2. The van der Waals surface area contributed by atoms with Crippen LogP contribution in [0.2, 0.25) is 0 Å². The Morgan fingerprint density at radius 3 is 2.76 bits per heavy atom.